The van der Waals surface area contributed by atoms with Crippen molar-refractivity contribution in [2.24, 2.45) is 0 Å². The quantitative estimate of drug-likeness (QED) is 0.818. The molecule has 1 heterocycles. The molecule has 0 bridgehead atoms. The number of aliphatic hydroxyl groups is 1. The van der Waals surface area contributed by atoms with Gasteiger partial charge in [0.2, 0.25) is 0 Å². The molecular weight excluding hydrogens is 256 g/mol. The number of methoxy groups -OCH3 is 1. The van der Waals surface area contributed by atoms with Crippen LogP contribution < -0.4 is 5.32 Å². The SMILES string of the molecule is COCCC(C)(O)CNC(=O)c1cc(Cl)ccn1. The van der Waals surface area contributed by atoms with E-state index >= 15 is 0 Å². The summed E-state index contributed by atoms with van der Waals surface area (Å²) in [5.41, 5.74) is -0.783. The van der Waals surface area contributed by atoms with Gasteiger partial charge in [-0.2, -0.15) is 0 Å². The van der Waals surface area contributed by atoms with Crippen molar-refractivity contribution in [2.75, 3.05) is 20.3 Å². The average molecular weight is 273 g/mol. The zero-order chi connectivity index (χ0) is 13.6. The molecule has 6 heteroatoms. The van der Waals surface area contributed by atoms with Crippen molar-refractivity contribution in [3.8, 4) is 0 Å². The number of nitrogens with one attached hydrogen (secondary N) is 1. The van der Waals surface area contributed by atoms with Crippen LogP contribution in [0.3, 0.4) is 0 Å². The summed E-state index contributed by atoms with van der Waals surface area (Å²) in [5.74, 6) is -0.366. The molecule has 1 rings (SSSR count). The van der Waals surface area contributed by atoms with Crippen LogP contribution in [0.4, 0.5) is 0 Å². The van der Waals surface area contributed by atoms with Gasteiger partial charge in [-0.25, -0.2) is 0 Å². The van der Waals surface area contributed by atoms with Crippen molar-refractivity contribution in [3.05, 3.63) is 29.0 Å². The molecule has 0 aliphatic carbocycles. The number of hydrogen-bond acceptors (Lipinski definition) is 4. The van der Waals surface area contributed by atoms with Crippen molar-refractivity contribution in [2.45, 2.75) is 18.9 Å². The van der Waals surface area contributed by atoms with Crippen molar-refractivity contribution in [1.29, 1.82) is 0 Å². The summed E-state index contributed by atoms with van der Waals surface area (Å²) in [4.78, 5) is 15.6. The van der Waals surface area contributed by atoms with Gasteiger partial charge in [0.15, 0.2) is 0 Å². The number of nitrogens with zero attached hydrogens (tertiary/aromatic N) is 1. The Hall–Kier alpha value is -1.17. The van der Waals surface area contributed by atoms with E-state index in [1.807, 2.05) is 0 Å². The number of aromatic nitrogens is 1. The molecule has 5 nitrogen and oxygen atoms in total. The first kappa shape index (κ1) is 14.9. The third-order valence-corrected chi connectivity index (χ3v) is 2.66. The highest BCUT2D eigenvalue weighted by molar-refractivity contribution is 6.30. The Morgan fingerprint density at radius 2 is 2.39 bits per heavy atom. The molecule has 1 unspecified atom stereocenters. The van der Waals surface area contributed by atoms with Gasteiger partial charge in [0.05, 0.1) is 5.60 Å². The summed E-state index contributed by atoms with van der Waals surface area (Å²) < 4.78 is 4.88. The van der Waals surface area contributed by atoms with Gasteiger partial charge in [0, 0.05) is 37.9 Å². The third kappa shape index (κ3) is 5.00. The minimum absolute atomic E-state index is 0.128. The van der Waals surface area contributed by atoms with E-state index in [4.69, 9.17) is 16.3 Å². The van der Waals surface area contributed by atoms with E-state index in [1.165, 1.54) is 12.3 Å². The summed E-state index contributed by atoms with van der Waals surface area (Å²) in [5, 5.41) is 13.0. The van der Waals surface area contributed by atoms with Crippen LogP contribution in [0.2, 0.25) is 5.02 Å². The third-order valence-electron chi connectivity index (χ3n) is 2.43. The van der Waals surface area contributed by atoms with E-state index in [-0.39, 0.29) is 18.1 Å². The van der Waals surface area contributed by atoms with Gasteiger partial charge >= 0.3 is 0 Å². The molecule has 0 spiro atoms. The molecule has 0 aliphatic heterocycles. The van der Waals surface area contributed by atoms with Crippen molar-refractivity contribution < 1.29 is 14.6 Å². The molecule has 0 aromatic carbocycles. The van der Waals surface area contributed by atoms with Gasteiger partial charge in [-0.05, 0) is 19.1 Å². The number of rotatable bonds is 6. The van der Waals surface area contributed by atoms with E-state index in [2.05, 4.69) is 10.3 Å². The fourth-order valence-corrected chi connectivity index (χ4v) is 1.46. The number of pyridine rings is 1. The Balaban J connectivity index is 2.50. The highest BCUT2D eigenvalue weighted by atomic mass is 35.5. The number of carbonyl (C=O) groups excluding carboxylic acids is 1. The molecule has 0 fully saturated rings. The molecule has 0 radical (unpaired) electrons. The zero-order valence-electron chi connectivity index (χ0n) is 10.4. The summed E-state index contributed by atoms with van der Waals surface area (Å²) >= 11 is 5.76. The van der Waals surface area contributed by atoms with Crippen LogP contribution >= 0.6 is 11.6 Å². The molecule has 0 aliphatic rings. The summed E-state index contributed by atoms with van der Waals surface area (Å²) in [6.45, 7) is 2.19. The summed E-state index contributed by atoms with van der Waals surface area (Å²) in [7, 11) is 1.56. The van der Waals surface area contributed by atoms with Crippen molar-refractivity contribution in [3.63, 3.8) is 0 Å². The van der Waals surface area contributed by atoms with Gasteiger partial charge in [0.1, 0.15) is 5.69 Å². The fraction of sp³-hybridized carbons (Fsp3) is 0.500. The molecular formula is C12H17ClN2O3. The highest BCUT2D eigenvalue weighted by Gasteiger charge is 2.21. The van der Waals surface area contributed by atoms with Gasteiger partial charge in [-0.1, -0.05) is 11.6 Å². The molecule has 1 aromatic heterocycles. The Kier molecular flexibility index (Phi) is 5.53. The Bertz CT molecular complexity index is 410. The highest BCUT2D eigenvalue weighted by Crippen LogP contribution is 2.10. The van der Waals surface area contributed by atoms with Crippen LogP contribution in [0.15, 0.2) is 18.3 Å². The second kappa shape index (κ2) is 6.68. The van der Waals surface area contributed by atoms with Gasteiger partial charge in [-0.15, -0.1) is 0 Å². The van der Waals surface area contributed by atoms with E-state index < -0.39 is 5.60 Å². The molecule has 18 heavy (non-hydrogen) atoms. The Morgan fingerprint density at radius 1 is 1.67 bits per heavy atom. The van der Waals surface area contributed by atoms with Gasteiger partial charge in [-0.3, -0.25) is 9.78 Å². The number of ether oxygens (including phenoxy) is 1. The van der Waals surface area contributed by atoms with E-state index in [0.717, 1.165) is 0 Å². The van der Waals surface area contributed by atoms with Crippen LogP contribution in [-0.2, 0) is 4.74 Å². The lowest BCUT2D eigenvalue weighted by Gasteiger charge is -2.23. The molecule has 1 atom stereocenters. The topological polar surface area (TPSA) is 71.5 Å². The fourth-order valence-electron chi connectivity index (χ4n) is 1.30. The minimum atomic E-state index is -1.01. The monoisotopic (exact) mass is 272 g/mol. The average Bonchev–Trinajstić information content (AvgIpc) is 2.34. The minimum Gasteiger partial charge on any atom is -0.388 e. The summed E-state index contributed by atoms with van der Waals surface area (Å²) in [6, 6.07) is 3.06. The first-order chi connectivity index (χ1) is 8.44. The van der Waals surface area contributed by atoms with Gasteiger partial charge < -0.3 is 15.2 Å². The molecule has 100 valence electrons. The van der Waals surface area contributed by atoms with E-state index in [0.29, 0.717) is 18.1 Å². The molecule has 1 amide bonds. The number of halogens is 1. The van der Waals surface area contributed by atoms with Gasteiger partial charge in [0.25, 0.3) is 5.91 Å². The molecule has 0 saturated heterocycles. The number of hydrogen-bond donors (Lipinski definition) is 2. The maximum absolute atomic E-state index is 11.7. The van der Waals surface area contributed by atoms with Crippen LogP contribution in [0.1, 0.15) is 23.8 Å². The van der Waals surface area contributed by atoms with E-state index in [9.17, 15) is 9.90 Å². The molecule has 0 saturated carbocycles. The van der Waals surface area contributed by atoms with E-state index in [1.54, 1.807) is 20.1 Å². The number of carbonyl (C=O) groups is 1. The lowest BCUT2D eigenvalue weighted by molar-refractivity contribution is 0.0243. The first-order valence-corrected chi connectivity index (χ1v) is 5.93. The van der Waals surface area contributed by atoms with Crippen molar-refractivity contribution in [1.82, 2.24) is 10.3 Å². The lowest BCUT2D eigenvalue weighted by atomic mass is 10.0. The van der Waals surface area contributed by atoms with Crippen LogP contribution in [0.5, 0.6) is 0 Å². The normalized spacial score (nSPS) is 14.0. The zero-order valence-corrected chi connectivity index (χ0v) is 11.2. The van der Waals surface area contributed by atoms with Crippen LogP contribution in [-0.4, -0.2) is 41.9 Å². The second-order valence-corrected chi connectivity index (χ2v) is 4.72. The number of amides is 1. The van der Waals surface area contributed by atoms with Crippen molar-refractivity contribution >= 4 is 17.5 Å². The summed E-state index contributed by atoms with van der Waals surface area (Å²) in [6.07, 6.45) is 1.90. The maximum Gasteiger partial charge on any atom is 0.270 e. The smallest absolute Gasteiger partial charge is 0.270 e. The Morgan fingerprint density at radius 3 is 3.00 bits per heavy atom. The first-order valence-electron chi connectivity index (χ1n) is 5.56. The predicted molar refractivity (Wildman–Crippen MR) is 68.7 cm³/mol. The second-order valence-electron chi connectivity index (χ2n) is 4.28. The molecule has 2 N–H and O–H groups in total. The Labute approximate surface area is 111 Å². The maximum atomic E-state index is 11.7. The van der Waals surface area contributed by atoms with Crippen LogP contribution in [0, 0.1) is 0 Å². The standard InChI is InChI=1S/C12H17ClN2O3/c1-12(17,4-6-18-2)8-15-11(16)10-7-9(13)3-5-14-10/h3,5,7,17H,4,6,8H2,1-2H3,(H,15,16). The van der Waals surface area contributed by atoms with Crippen LogP contribution in [0.25, 0.3) is 0 Å². The molecule has 1 aromatic rings. The largest absolute Gasteiger partial charge is 0.388 e. The lowest BCUT2D eigenvalue weighted by Crippen LogP contribution is -2.41. The predicted octanol–water partition coefficient (Wildman–Crippen LogP) is 1.25.